The van der Waals surface area contributed by atoms with E-state index in [1.165, 1.54) is 18.3 Å². The molecule has 1 aromatic rings. The van der Waals surface area contributed by atoms with E-state index in [0.29, 0.717) is 0 Å². The zero-order valence-corrected chi connectivity index (χ0v) is 10.6. The third-order valence-corrected chi connectivity index (χ3v) is 1.93. The molecule has 0 unspecified atom stereocenters. The number of hydrogen-bond donors (Lipinski definition) is 2. The lowest BCUT2D eigenvalue weighted by Crippen LogP contribution is -2.45. The van der Waals surface area contributed by atoms with E-state index >= 15 is 0 Å². The molecule has 1 heterocycles. The topological polar surface area (TPSA) is 71.1 Å². The second-order valence-corrected chi connectivity index (χ2v) is 4.82. The number of halogens is 1. The molecule has 2 amide bonds. The monoisotopic (exact) mass is 253 g/mol. The first-order valence-corrected chi connectivity index (χ1v) is 5.49. The van der Waals surface area contributed by atoms with Gasteiger partial charge >= 0.3 is 0 Å². The van der Waals surface area contributed by atoms with Crippen LogP contribution in [0.1, 0.15) is 31.1 Å². The van der Waals surface area contributed by atoms with Gasteiger partial charge in [-0.1, -0.05) is 0 Å². The first-order chi connectivity index (χ1) is 8.29. The molecule has 0 radical (unpaired) electrons. The minimum atomic E-state index is -0.855. The van der Waals surface area contributed by atoms with Crippen molar-refractivity contribution in [3.8, 4) is 0 Å². The highest BCUT2D eigenvalue weighted by Crippen LogP contribution is 2.02. The summed E-state index contributed by atoms with van der Waals surface area (Å²) in [6.07, 6.45) is 1.25. The molecule has 0 atom stereocenters. The maximum Gasteiger partial charge on any atom is 0.256 e. The minimum absolute atomic E-state index is 0.180. The maximum absolute atomic E-state index is 13.2. The Balaban J connectivity index is 2.52. The third kappa shape index (κ3) is 4.48. The van der Waals surface area contributed by atoms with Crippen molar-refractivity contribution in [2.45, 2.75) is 26.3 Å². The van der Waals surface area contributed by atoms with Gasteiger partial charge in [0.05, 0.1) is 12.1 Å². The van der Waals surface area contributed by atoms with Crippen molar-refractivity contribution in [2.75, 3.05) is 6.54 Å². The predicted molar refractivity (Wildman–Crippen MR) is 64.4 cm³/mol. The van der Waals surface area contributed by atoms with Gasteiger partial charge in [-0.15, -0.1) is 0 Å². The summed E-state index contributed by atoms with van der Waals surface area (Å²) in [4.78, 5) is 26.4. The SMILES string of the molecule is CC(C)(C)NC(=O)CNC(=O)c1cccnc1F. The van der Waals surface area contributed by atoms with Crippen molar-refractivity contribution in [3.05, 3.63) is 29.8 Å². The van der Waals surface area contributed by atoms with Crippen LogP contribution < -0.4 is 10.6 Å². The molecule has 1 rings (SSSR count). The van der Waals surface area contributed by atoms with Gasteiger partial charge in [0.2, 0.25) is 11.9 Å². The summed E-state index contributed by atoms with van der Waals surface area (Å²) >= 11 is 0. The summed E-state index contributed by atoms with van der Waals surface area (Å²) in [5.41, 5.74) is -0.553. The number of nitrogens with zero attached hydrogens (tertiary/aromatic N) is 1. The van der Waals surface area contributed by atoms with Crippen molar-refractivity contribution >= 4 is 11.8 Å². The number of rotatable bonds is 3. The van der Waals surface area contributed by atoms with E-state index in [1.807, 2.05) is 20.8 Å². The fraction of sp³-hybridized carbons (Fsp3) is 0.417. The van der Waals surface area contributed by atoms with Gasteiger partial charge in [-0.05, 0) is 32.9 Å². The van der Waals surface area contributed by atoms with Gasteiger partial charge in [-0.3, -0.25) is 9.59 Å². The normalized spacial score (nSPS) is 10.9. The zero-order chi connectivity index (χ0) is 13.8. The summed E-state index contributed by atoms with van der Waals surface area (Å²) < 4.78 is 13.2. The smallest absolute Gasteiger partial charge is 0.256 e. The van der Waals surface area contributed by atoms with E-state index in [9.17, 15) is 14.0 Å². The number of pyridine rings is 1. The molecule has 0 saturated carbocycles. The van der Waals surface area contributed by atoms with Gasteiger partial charge in [0.25, 0.3) is 5.91 Å². The van der Waals surface area contributed by atoms with E-state index < -0.39 is 11.9 Å². The Bertz CT molecular complexity index is 455. The number of hydrogen-bond acceptors (Lipinski definition) is 3. The maximum atomic E-state index is 13.2. The van der Waals surface area contributed by atoms with E-state index in [1.54, 1.807) is 0 Å². The van der Waals surface area contributed by atoms with Crippen molar-refractivity contribution < 1.29 is 14.0 Å². The molecule has 0 aliphatic carbocycles. The average Bonchev–Trinajstić information content (AvgIpc) is 2.24. The van der Waals surface area contributed by atoms with Crippen molar-refractivity contribution in [2.24, 2.45) is 0 Å². The fourth-order valence-corrected chi connectivity index (χ4v) is 1.27. The summed E-state index contributed by atoms with van der Waals surface area (Å²) in [5.74, 6) is -1.85. The van der Waals surface area contributed by atoms with Crippen molar-refractivity contribution in [1.82, 2.24) is 15.6 Å². The Morgan fingerprint density at radius 2 is 2.06 bits per heavy atom. The second kappa shape index (κ2) is 5.57. The highest BCUT2D eigenvalue weighted by Gasteiger charge is 2.16. The Labute approximate surface area is 105 Å². The quantitative estimate of drug-likeness (QED) is 0.785. The summed E-state index contributed by atoms with van der Waals surface area (Å²) in [6.45, 7) is 5.28. The van der Waals surface area contributed by atoms with Crippen molar-refractivity contribution in [1.29, 1.82) is 0 Å². The number of carbonyl (C=O) groups is 2. The largest absolute Gasteiger partial charge is 0.350 e. The molecule has 5 nitrogen and oxygen atoms in total. The summed E-state index contributed by atoms with van der Waals surface area (Å²) in [5, 5.41) is 5.01. The van der Waals surface area contributed by atoms with Crippen LogP contribution >= 0.6 is 0 Å². The Hall–Kier alpha value is -1.98. The molecule has 2 N–H and O–H groups in total. The number of aromatic nitrogens is 1. The van der Waals surface area contributed by atoms with E-state index in [-0.39, 0.29) is 23.6 Å². The van der Waals surface area contributed by atoms with Crippen LogP contribution in [0.4, 0.5) is 4.39 Å². The standard InChI is InChI=1S/C12H16FN3O2/c1-12(2,3)16-9(17)7-15-11(18)8-5-4-6-14-10(8)13/h4-6H,7H2,1-3H3,(H,15,18)(H,16,17). The average molecular weight is 253 g/mol. The molecule has 0 aliphatic heterocycles. The molecular formula is C12H16FN3O2. The van der Waals surface area contributed by atoms with Crippen LogP contribution in [0.2, 0.25) is 0 Å². The lowest BCUT2D eigenvalue weighted by Gasteiger charge is -2.20. The van der Waals surface area contributed by atoms with Crippen LogP contribution in [0, 0.1) is 5.95 Å². The molecule has 98 valence electrons. The van der Waals surface area contributed by atoms with Gasteiger partial charge < -0.3 is 10.6 Å². The van der Waals surface area contributed by atoms with Crippen LogP contribution in [-0.4, -0.2) is 28.9 Å². The van der Waals surface area contributed by atoms with Crippen LogP contribution in [0.3, 0.4) is 0 Å². The zero-order valence-electron chi connectivity index (χ0n) is 10.6. The summed E-state index contributed by atoms with van der Waals surface area (Å²) in [7, 11) is 0. The van der Waals surface area contributed by atoms with Crippen LogP contribution in [0.5, 0.6) is 0 Å². The molecule has 1 aromatic heterocycles. The highest BCUT2D eigenvalue weighted by molar-refractivity contribution is 5.96. The second-order valence-electron chi connectivity index (χ2n) is 4.82. The molecule has 0 bridgehead atoms. The van der Waals surface area contributed by atoms with Crippen molar-refractivity contribution in [3.63, 3.8) is 0 Å². The van der Waals surface area contributed by atoms with Gasteiger partial charge in [-0.2, -0.15) is 4.39 Å². The number of carbonyl (C=O) groups excluding carboxylic acids is 2. The molecule has 6 heteroatoms. The van der Waals surface area contributed by atoms with E-state index in [4.69, 9.17) is 0 Å². The van der Waals surface area contributed by atoms with E-state index in [2.05, 4.69) is 15.6 Å². The predicted octanol–water partition coefficient (Wildman–Crippen LogP) is 0.865. The van der Waals surface area contributed by atoms with Gasteiger partial charge in [0.15, 0.2) is 0 Å². The molecule has 0 aliphatic rings. The molecule has 0 spiro atoms. The first kappa shape index (κ1) is 14.1. The first-order valence-electron chi connectivity index (χ1n) is 5.49. The molecular weight excluding hydrogens is 237 g/mol. The van der Waals surface area contributed by atoms with E-state index in [0.717, 1.165) is 0 Å². The lowest BCUT2D eigenvalue weighted by molar-refractivity contribution is -0.121. The fourth-order valence-electron chi connectivity index (χ4n) is 1.27. The number of amides is 2. The van der Waals surface area contributed by atoms with Crippen LogP contribution in [0.15, 0.2) is 18.3 Å². The summed E-state index contributed by atoms with van der Waals surface area (Å²) in [6, 6.07) is 2.76. The van der Waals surface area contributed by atoms with Gasteiger partial charge in [0, 0.05) is 11.7 Å². The highest BCUT2D eigenvalue weighted by atomic mass is 19.1. The third-order valence-electron chi connectivity index (χ3n) is 1.93. The Morgan fingerprint density at radius 3 is 2.61 bits per heavy atom. The molecule has 18 heavy (non-hydrogen) atoms. The number of nitrogens with one attached hydrogen (secondary N) is 2. The minimum Gasteiger partial charge on any atom is -0.350 e. The van der Waals surface area contributed by atoms with Crippen LogP contribution in [-0.2, 0) is 4.79 Å². The van der Waals surface area contributed by atoms with Gasteiger partial charge in [0.1, 0.15) is 0 Å². The molecule has 0 saturated heterocycles. The Morgan fingerprint density at radius 1 is 1.39 bits per heavy atom. The Kier molecular flexibility index (Phi) is 4.36. The van der Waals surface area contributed by atoms with Crippen LogP contribution in [0.25, 0.3) is 0 Å². The molecule has 0 aromatic carbocycles. The molecule has 0 fully saturated rings. The lowest BCUT2D eigenvalue weighted by atomic mass is 10.1. The van der Waals surface area contributed by atoms with Gasteiger partial charge in [-0.25, -0.2) is 4.98 Å².